The second-order valence-corrected chi connectivity index (χ2v) is 5.18. The molecule has 2 rings (SSSR count). The van der Waals surface area contributed by atoms with Crippen LogP contribution in [0.25, 0.3) is 0 Å². The van der Waals surface area contributed by atoms with Crippen LogP contribution in [0.1, 0.15) is 62.7 Å². The summed E-state index contributed by atoms with van der Waals surface area (Å²) in [4.78, 5) is 0. The van der Waals surface area contributed by atoms with E-state index in [0.29, 0.717) is 0 Å². The summed E-state index contributed by atoms with van der Waals surface area (Å²) in [5.74, 6) is 0.957. The number of aliphatic hydroxyl groups is 1. The predicted molar refractivity (Wildman–Crippen MR) is 74.0 cm³/mol. The highest BCUT2D eigenvalue weighted by atomic mass is 16.5. The molecule has 0 spiro atoms. The maximum absolute atomic E-state index is 9.73. The van der Waals surface area contributed by atoms with Crippen LogP contribution in [-0.2, 0) is 6.42 Å². The summed E-state index contributed by atoms with van der Waals surface area (Å²) in [6.07, 6.45) is 7.90. The predicted octanol–water partition coefficient (Wildman–Crippen LogP) is 4.02. The third kappa shape index (κ3) is 3.49. The van der Waals surface area contributed by atoms with Crippen molar-refractivity contribution in [2.24, 2.45) is 0 Å². The Morgan fingerprint density at radius 3 is 2.89 bits per heavy atom. The number of fused-ring (bicyclic) bond motifs is 1. The first-order chi connectivity index (χ1) is 8.81. The van der Waals surface area contributed by atoms with Crippen molar-refractivity contribution in [2.45, 2.75) is 58.0 Å². The van der Waals surface area contributed by atoms with Crippen molar-refractivity contribution in [3.63, 3.8) is 0 Å². The molecular weight excluding hydrogens is 224 g/mol. The normalized spacial score (nSPS) is 17.8. The van der Waals surface area contributed by atoms with Gasteiger partial charge in [-0.25, -0.2) is 0 Å². The van der Waals surface area contributed by atoms with E-state index in [1.165, 1.54) is 31.2 Å². The number of aliphatic hydroxyl groups excluding tert-OH is 1. The Labute approximate surface area is 110 Å². The Hall–Kier alpha value is -1.02. The molecule has 0 saturated carbocycles. The third-order valence-electron chi connectivity index (χ3n) is 3.68. The van der Waals surface area contributed by atoms with Gasteiger partial charge in [-0.1, -0.05) is 38.7 Å². The summed E-state index contributed by atoms with van der Waals surface area (Å²) in [6.45, 7) is 3.04. The minimum atomic E-state index is -0.261. The maximum atomic E-state index is 9.73. The molecule has 2 heteroatoms. The quantitative estimate of drug-likeness (QED) is 0.739. The summed E-state index contributed by atoms with van der Waals surface area (Å²) in [5, 5.41) is 9.73. The van der Waals surface area contributed by atoms with E-state index in [1.54, 1.807) is 0 Å². The fourth-order valence-electron chi connectivity index (χ4n) is 2.56. The van der Waals surface area contributed by atoms with Gasteiger partial charge in [0.25, 0.3) is 0 Å². The van der Waals surface area contributed by atoms with Gasteiger partial charge in [0.1, 0.15) is 5.75 Å². The van der Waals surface area contributed by atoms with Crippen LogP contribution in [0.5, 0.6) is 5.75 Å². The van der Waals surface area contributed by atoms with Crippen LogP contribution in [0.15, 0.2) is 18.2 Å². The van der Waals surface area contributed by atoms with Gasteiger partial charge in [0, 0.05) is 0 Å². The zero-order valence-electron chi connectivity index (χ0n) is 11.3. The maximum Gasteiger partial charge on any atom is 0.119 e. The first kappa shape index (κ1) is 13.4. The Morgan fingerprint density at radius 1 is 1.22 bits per heavy atom. The van der Waals surface area contributed by atoms with Crippen molar-refractivity contribution in [3.05, 3.63) is 29.3 Å². The summed E-state index contributed by atoms with van der Waals surface area (Å²) in [7, 11) is 0. The molecule has 1 aliphatic rings. The van der Waals surface area contributed by atoms with Crippen LogP contribution < -0.4 is 4.74 Å². The van der Waals surface area contributed by atoms with Crippen molar-refractivity contribution < 1.29 is 9.84 Å². The molecule has 0 saturated heterocycles. The zero-order chi connectivity index (χ0) is 12.8. The van der Waals surface area contributed by atoms with Gasteiger partial charge in [0.05, 0.1) is 12.7 Å². The Balaban J connectivity index is 1.74. The number of benzene rings is 1. The molecule has 18 heavy (non-hydrogen) atoms. The lowest BCUT2D eigenvalue weighted by molar-refractivity contribution is 0.180. The molecule has 0 aliphatic heterocycles. The van der Waals surface area contributed by atoms with Crippen molar-refractivity contribution in [1.82, 2.24) is 0 Å². The molecular formula is C16H24O2. The van der Waals surface area contributed by atoms with Crippen LogP contribution in [-0.4, -0.2) is 11.7 Å². The summed E-state index contributed by atoms with van der Waals surface area (Å²) in [6, 6.07) is 6.09. The molecule has 1 unspecified atom stereocenters. The van der Waals surface area contributed by atoms with Gasteiger partial charge in [-0.15, -0.1) is 0 Å². The number of ether oxygens (including phenoxy) is 1. The molecule has 0 bridgehead atoms. The number of hydrogen-bond donors (Lipinski definition) is 1. The van der Waals surface area contributed by atoms with Gasteiger partial charge in [-0.3, -0.25) is 0 Å². The fourth-order valence-corrected chi connectivity index (χ4v) is 2.56. The number of aryl methyl sites for hydroxylation is 1. The van der Waals surface area contributed by atoms with Crippen molar-refractivity contribution in [1.29, 1.82) is 0 Å². The Bertz CT molecular complexity index is 373. The summed E-state index contributed by atoms with van der Waals surface area (Å²) >= 11 is 0. The number of unbranched alkanes of at least 4 members (excludes halogenated alkanes) is 4. The molecule has 0 fully saturated rings. The first-order valence-corrected chi connectivity index (χ1v) is 7.25. The van der Waals surface area contributed by atoms with Gasteiger partial charge in [0.2, 0.25) is 0 Å². The van der Waals surface area contributed by atoms with Crippen LogP contribution in [0.4, 0.5) is 0 Å². The van der Waals surface area contributed by atoms with E-state index in [2.05, 4.69) is 13.0 Å². The lowest BCUT2D eigenvalue weighted by atomic mass is 10.1. The van der Waals surface area contributed by atoms with Gasteiger partial charge >= 0.3 is 0 Å². The second-order valence-electron chi connectivity index (χ2n) is 5.18. The van der Waals surface area contributed by atoms with E-state index in [4.69, 9.17) is 4.74 Å². The molecule has 1 atom stereocenters. The molecule has 2 nitrogen and oxygen atoms in total. The van der Waals surface area contributed by atoms with E-state index in [9.17, 15) is 5.11 Å². The van der Waals surface area contributed by atoms with E-state index >= 15 is 0 Å². The smallest absolute Gasteiger partial charge is 0.119 e. The lowest BCUT2D eigenvalue weighted by Gasteiger charge is -2.09. The molecule has 0 aromatic heterocycles. The van der Waals surface area contributed by atoms with Gasteiger partial charge < -0.3 is 9.84 Å². The van der Waals surface area contributed by atoms with Crippen molar-refractivity contribution >= 4 is 0 Å². The minimum absolute atomic E-state index is 0.261. The number of hydrogen-bond acceptors (Lipinski definition) is 2. The lowest BCUT2D eigenvalue weighted by Crippen LogP contribution is -1.98. The van der Waals surface area contributed by atoms with Crippen molar-refractivity contribution in [2.75, 3.05) is 6.61 Å². The average Bonchev–Trinajstić information content (AvgIpc) is 2.75. The molecule has 1 aromatic rings. The van der Waals surface area contributed by atoms with Crippen LogP contribution in [0.3, 0.4) is 0 Å². The van der Waals surface area contributed by atoms with E-state index < -0.39 is 0 Å². The molecule has 1 N–H and O–H groups in total. The van der Waals surface area contributed by atoms with Gasteiger partial charge in [-0.05, 0) is 42.5 Å². The monoisotopic (exact) mass is 248 g/mol. The highest BCUT2D eigenvalue weighted by molar-refractivity contribution is 5.39. The Kier molecular flexibility index (Phi) is 5.06. The van der Waals surface area contributed by atoms with E-state index in [-0.39, 0.29) is 6.10 Å². The first-order valence-electron chi connectivity index (χ1n) is 7.25. The van der Waals surface area contributed by atoms with Gasteiger partial charge in [-0.2, -0.15) is 0 Å². The topological polar surface area (TPSA) is 29.5 Å². The van der Waals surface area contributed by atoms with Crippen LogP contribution in [0.2, 0.25) is 0 Å². The van der Waals surface area contributed by atoms with Crippen molar-refractivity contribution in [3.8, 4) is 5.75 Å². The summed E-state index contributed by atoms with van der Waals surface area (Å²) in [5.41, 5.74) is 2.34. The molecule has 1 aromatic carbocycles. The Morgan fingerprint density at radius 2 is 2.06 bits per heavy atom. The highest BCUT2D eigenvalue weighted by Gasteiger charge is 2.20. The molecule has 0 amide bonds. The largest absolute Gasteiger partial charge is 0.494 e. The minimum Gasteiger partial charge on any atom is -0.494 e. The van der Waals surface area contributed by atoms with Crippen LogP contribution in [0, 0.1) is 0 Å². The zero-order valence-corrected chi connectivity index (χ0v) is 11.3. The SMILES string of the molecule is CCCCCCCOc1ccc2c(c1)CCC2O. The average molecular weight is 248 g/mol. The summed E-state index contributed by atoms with van der Waals surface area (Å²) < 4.78 is 5.77. The van der Waals surface area contributed by atoms with Gasteiger partial charge in [0.15, 0.2) is 0 Å². The third-order valence-corrected chi connectivity index (χ3v) is 3.68. The molecule has 0 radical (unpaired) electrons. The fraction of sp³-hybridized carbons (Fsp3) is 0.625. The molecule has 1 aliphatic carbocycles. The van der Waals surface area contributed by atoms with E-state index in [0.717, 1.165) is 37.2 Å². The number of rotatable bonds is 7. The highest BCUT2D eigenvalue weighted by Crippen LogP contribution is 2.33. The second kappa shape index (κ2) is 6.79. The molecule has 100 valence electrons. The standard InChI is InChI=1S/C16H24O2/c1-2-3-4-5-6-11-18-14-8-9-15-13(12-14)7-10-16(15)17/h8-9,12,16-17H,2-7,10-11H2,1H3. The van der Waals surface area contributed by atoms with E-state index in [1.807, 2.05) is 12.1 Å². The van der Waals surface area contributed by atoms with Crippen LogP contribution >= 0.6 is 0 Å². The molecule has 0 heterocycles.